The van der Waals surface area contributed by atoms with Gasteiger partial charge in [0.1, 0.15) is 6.10 Å². The maximum Gasteiger partial charge on any atom is 0.309 e. The second kappa shape index (κ2) is 7.48. The number of rotatable bonds is 6. The van der Waals surface area contributed by atoms with Crippen molar-refractivity contribution in [3.05, 3.63) is 0 Å². The fourth-order valence-electron chi connectivity index (χ4n) is 2.65. The summed E-state index contributed by atoms with van der Waals surface area (Å²) in [6.45, 7) is 5.47. The predicted octanol–water partition coefficient (Wildman–Crippen LogP) is 2.07. The zero-order valence-corrected chi connectivity index (χ0v) is 12.2. The zero-order chi connectivity index (χ0) is 14.4. The monoisotopic (exact) mass is 272 g/mol. The molecule has 1 saturated heterocycles. The van der Waals surface area contributed by atoms with Gasteiger partial charge in [0.25, 0.3) is 0 Å². The molecule has 1 fully saturated rings. The summed E-state index contributed by atoms with van der Waals surface area (Å²) in [5.41, 5.74) is 0. The van der Waals surface area contributed by atoms with Gasteiger partial charge in [0.05, 0.1) is 25.7 Å². The molecule has 0 saturated carbocycles. The molecule has 1 rings (SSSR count). The Morgan fingerprint density at radius 1 is 1.32 bits per heavy atom. The number of ether oxygens (including phenoxy) is 3. The summed E-state index contributed by atoms with van der Waals surface area (Å²) in [6.07, 6.45) is 2.47. The van der Waals surface area contributed by atoms with Crippen LogP contribution in [0.3, 0.4) is 0 Å². The Balaban J connectivity index is 2.76. The van der Waals surface area contributed by atoms with Crippen LogP contribution in [0.25, 0.3) is 0 Å². The molecule has 0 aromatic rings. The van der Waals surface area contributed by atoms with Crippen molar-refractivity contribution < 1.29 is 23.8 Å². The van der Waals surface area contributed by atoms with Crippen molar-refractivity contribution in [3.63, 3.8) is 0 Å². The van der Waals surface area contributed by atoms with E-state index in [9.17, 15) is 9.59 Å². The van der Waals surface area contributed by atoms with Crippen molar-refractivity contribution in [2.45, 2.75) is 64.8 Å². The molecule has 0 aliphatic carbocycles. The minimum Gasteiger partial charge on any atom is -0.469 e. The molecule has 5 heteroatoms. The number of hydrogen-bond donors (Lipinski definition) is 0. The molecule has 0 bridgehead atoms. The van der Waals surface area contributed by atoms with E-state index < -0.39 is 6.10 Å². The van der Waals surface area contributed by atoms with Gasteiger partial charge < -0.3 is 14.2 Å². The second-order valence-corrected chi connectivity index (χ2v) is 4.94. The van der Waals surface area contributed by atoms with Crippen LogP contribution in [0.1, 0.15) is 46.5 Å². The van der Waals surface area contributed by atoms with E-state index in [0.29, 0.717) is 0 Å². The standard InChI is InChI=1S/C14H24O5/c1-5-10-7-11(12(6-2)19-10)13(18-9(3)15)8-14(16)17-4/h10-13H,5-8H2,1-4H3. The van der Waals surface area contributed by atoms with Crippen LogP contribution in [0.4, 0.5) is 0 Å². The number of methoxy groups -OCH3 is 1. The van der Waals surface area contributed by atoms with E-state index >= 15 is 0 Å². The van der Waals surface area contributed by atoms with Crippen molar-refractivity contribution in [1.29, 1.82) is 0 Å². The molecule has 1 heterocycles. The predicted molar refractivity (Wildman–Crippen MR) is 69.5 cm³/mol. The Morgan fingerprint density at radius 3 is 2.47 bits per heavy atom. The lowest BCUT2D eigenvalue weighted by molar-refractivity contribution is -0.156. The average molecular weight is 272 g/mol. The molecule has 1 aliphatic heterocycles. The van der Waals surface area contributed by atoms with E-state index in [1.54, 1.807) is 0 Å². The van der Waals surface area contributed by atoms with Crippen LogP contribution in [0, 0.1) is 5.92 Å². The lowest BCUT2D eigenvalue weighted by atomic mass is 9.89. The highest BCUT2D eigenvalue weighted by molar-refractivity contribution is 5.71. The molecule has 4 atom stereocenters. The Labute approximate surface area is 114 Å². The third kappa shape index (κ3) is 4.49. The van der Waals surface area contributed by atoms with E-state index in [1.807, 2.05) is 6.92 Å². The van der Waals surface area contributed by atoms with Crippen LogP contribution in [0.5, 0.6) is 0 Å². The van der Waals surface area contributed by atoms with Crippen LogP contribution in [-0.2, 0) is 23.8 Å². The molecule has 0 amide bonds. The maximum atomic E-state index is 11.5. The fraction of sp³-hybridized carbons (Fsp3) is 0.857. The van der Waals surface area contributed by atoms with E-state index in [0.717, 1.165) is 19.3 Å². The molecule has 0 spiro atoms. The van der Waals surface area contributed by atoms with Crippen molar-refractivity contribution in [2.75, 3.05) is 7.11 Å². The molecule has 110 valence electrons. The Bertz CT molecular complexity index is 315. The number of esters is 2. The second-order valence-electron chi connectivity index (χ2n) is 4.94. The highest BCUT2D eigenvalue weighted by atomic mass is 16.6. The quantitative estimate of drug-likeness (QED) is 0.693. The normalized spacial score (nSPS) is 27.9. The third-order valence-corrected chi connectivity index (χ3v) is 3.63. The summed E-state index contributed by atoms with van der Waals surface area (Å²) >= 11 is 0. The zero-order valence-electron chi connectivity index (χ0n) is 12.2. The SMILES string of the molecule is CCC1CC(C(CC(=O)OC)OC(C)=O)C(CC)O1. The van der Waals surface area contributed by atoms with Crippen LogP contribution >= 0.6 is 0 Å². The van der Waals surface area contributed by atoms with Gasteiger partial charge in [0.15, 0.2) is 0 Å². The summed E-state index contributed by atoms with van der Waals surface area (Å²) in [4.78, 5) is 22.7. The minimum atomic E-state index is -0.452. The largest absolute Gasteiger partial charge is 0.469 e. The molecule has 0 aromatic heterocycles. The van der Waals surface area contributed by atoms with Gasteiger partial charge in [-0.05, 0) is 19.3 Å². The van der Waals surface area contributed by atoms with Crippen LogP contribution in [-0.4, -0.2) is 37.4 Å². The van der Waals surface area contributed by atoms with Gasteiger partial charge in [-0.25, -0.2) is 0 Å². The van der Waals surface area contributed by atoms with Gasteiger partial charge in [0, 0.05) is 12.8 Å². The first-order chi connectivity index (χ1) is 9.01. The lowest BCUT2D eigenvalue weighted by Gasteiger charge is -2.25. The molecular weight excluding hydrogens is 248 g/mol. The fourth-order valence-corrected chi connectivity index (χ4v) is 2.65. The smallest absolute Gasteiger partial charge is 0.309 e. The molecule has 0 aromatic carbocycles. The Hall–Kier alpha value is -1.10. The van der Waals surface area contributed by atoms with Crippen molar-refractivity contribution in [2.24, 2.45) is 5.92 Å². The Kier molecular flexibility index (Phi) is 6.28. The molecule has 5 nitrogen and oxygen atoms in total. The Morgan fingerprint density at radius 2 is 2.00 bits per heavy atom. The van der Waals surface area contributed by atoms with Crippen molar-refractivity contribution in [1.82, 2.24) is 0 Å². The van der Waals surface area contributed by atoms with Crippen LogP contribution < -0.4 is 0 Å². The first-order valence-electron chi connectivity index (χ1n) is 6.91. The van der Waals surface area contributed by atoms with E-state index in [4.69, 9.17) is 9.47 Å². The number of carbonyl (C=O) groups excluding carboxylic acids is 2. The van der Waals surface area contributed by atoms with Gasteiger partial charge in [-0.3, -0.25) is 9.59 Å². The number of carbonyl (C=O) groups is 2. The first kappa shape index (κ1) is 16.0. The van der Waals surface area contributed by atoms with Gasteiger partial charge in [0.2, 0.25) is 0 Å². The van der Waals surface area contributed by atoms with Crippen LogP contribution in [0.15, 0.2) is 0 Å². The van der Waals surface area contributed by atoms with E-state index in [1.165, 1.54) is 14.0 Å². The molecule has 0 radical (unpaired) electrons. The topological polar surface area (TPSA) is 61.8 Å². The summed E-state index contributed by atoms with van der Waals surface area (Å²) in [7, 11) is 1.34. The molecule has 1 aliphatic rings. The van der Waals surface area contributed by atoms with Crippen LogP contribution in [0.2, 0.25) is 0 Å². The van der Waals surface area contributed by atoms with Gasteiger partial charge in [-0.1, -0.05) is 13.8 Å². The molecule has 19 heavy (non-hydrogen) atoms. The first-order valence-corrected chi connectivity index (χ1v) is 6.91. The summed E-state index contributed by atoms with van der Waals surface area (Å²) in [5, 5.41) is 0. The number of hydrogen-bond acceptors (Lipinski definition) is 5. The maximum absolute atomic E-state index is 11.5. The summed E-state index contributed by atoms with van der Waals surface area (Å²) < 4.78 is 15.9. The van der Waals surface area contributed by atoms with Gasteiger partial charge in [-0.15, -0.1) is 0 Å². The highest BCUT2D eigenvalue weighted by Crippen LogP contribution is 2.35. The molecule has 4 unspecified atom stereocenters. The van der Waals surface area contributed by atoms with E-state index in [2.05, 4.69) is 11.7 Å². The van der Waals surface area contributed by atoms with Gasteiger partial charge >= 0.3 is 11.9 Å². The van der Waals surface area contributed by atoms with E-state index in [-0.39, 0.29) is 36.5 Å². The summed E-state index contributed by atoms with van der Waals surface area (Å²) in [5.74, 6) is -0.664. The van der Waals surface area contributed by atoms with Crippen molar-refractivity contribution in [3.8, 4) is 0 Å². The average Bonchev–Trinajstić information content (AvgIpc) is 2.80. The third-order valence-electron chi connectivity index (χ3n) is 3.63. The van der Waals surface area contributed by atoms with Crippen molar-refractivity contribution >= 4 is 11.9 Å². The minimum absolute atomic E-state index is 0.0407. The van der Waals surface area contributed by atoms with Gasteiger partial charge in [-0.2, -0.15) is 0 Å². The summed E-state index contributed by atoms with van der Waals surface area (Å²) in [6, 6.07) is 0. The molecular formula is C14H24O5. The highest BCUT2D eigenvalue weighted by Gasteiger charge is 2.40. The molecule has 0 N–H and O–H groups in total. The lowest BCUT2D eigenvalue weighted by Crippen LogP contribution is -2.34.